The summed E-state index contributed by atoms with van der Waals surface area (Å²) in [4.78, 5) is 64.0. The van der Waals surface area contributed by atoms with E-state index in [0.29, 0.717) is 130 Å². The van der Waals surface area contributed by atoms with Gasteiger partial charge in [-0.25, -0.2) is 9.59 Å². The van der Waals surface area contributed by atoms with Gasteiger partial charge in [0.2, 0.25) is 13.6 Å². The second kappa shape index (κ2) is 26.2. The third kappa shape index (κ3) is 10.4. The second-order valence-electron chi connectivity index (χ2n) is 29.8. The number of hydrogen-bond donors (Lipinski definition) is 7. The maximum atomic E-state index is 14.7. The Morgan fingerprint density at radius 3 is 1.49 bits per heavy atom. The average Bonchev–Trinajstić information content (AvgIpc) is 1.38. The number of ether oxygens (including phenoxy) is 12. The third-order valence-electron chi connectivity index (χ3n) is 24.5. The number of piperazine rings is 2. The molecule has 0 aliphatic carbocycles. The molecule has 6 aromatic carbocycles. The SMILES string of the molecule is COc1cc2c(cc1O)CCN[C@]21CS[C@@H]2c3c(OC(C)=O)c(C)c4c(c3[C@H](COC1=O)N1C2[C@H]2c3c(cc(C)c(OC)c3O)C[C@@H]([C@@H]1O)N2C)OCO4.COc1cc2c(cc1O)CCN[C@]21CS[C@@H]2c3c(OC(C)=O)c(C)c4c(c3[C@H](COC1=O)N1C[C@@H]3Cc5cc(C)c(OC)c(O)c5[C@H](C21)N3C)OCO4. The highest BCUT2D eigenvalue weighted by atomic mass is 32.2. The zero-order chi connectivity index (χ0) is 75.0. The van der Waals surface area contributed by atoms with Crippen LogP contribution in [0.3, 0.4) is 0 Å². The number of benzene rings is 6. The first kappa shape index (κ1) is 71.2. The number of aliphatic hydroxyl groups excluding tert-OH is 1. The van der Waals surface area contributed by atoms with Crippen LogP contribution < -0.4 is 58.0 Å². The minimum atomic E-state index is -1.36. The van der Waals surface area contributed by atoms with E-state index in [1.165, 1.54) is 46.9 Å². The Labute approximate surface area is 625 Å². The first-order chi connectivity index (χ1) is 51.4. The highest BCUT2D eigenvalue weighted by Crippen LogP contribution is 2.67. The number of carbonyl (C=O) groups is 4. The van der Waals surface area contributed by atoms with Gasteiger partial charge in [0.15, 0.2) is 80.1 Å². The fraction of sp³-hybridized carbons (Fsp3) is 0.487. The summed E-state index contributed by atoms with van der Waals surface area (Å²) in [7, 11) is 10.1. The molecule has 4 saturated heterocycles. The molecule has 4 fully saturated rings. The number of nitrogens with zero attached hydrogens (tertiary/aromatic N) is 4. The number of esters is 4. The van der Waals surface area contributed by atoms with Gasteiger partial charge in [-0.15, -0.1) is 23.5 Å². The lowest BCUT2D eigenvalue weighted by molar-refractivity contribution is -0.186. The number of phenolic OH excluding ortho intramolecular Hbond substituents is 4. The maximum Gasteiger partial charge on any atom is 0.331 e. The Morgan fingerprint density at radius 1 is 0.542 bits per heavy atom. The van der Waals surface area contributed by atoms with Gasteiger partial charge in [0.05, 0.1) is 69.1 Å². The highest BCUT2D eigenvalue weighted by Gasteiger charge is 2.64. The van der Waals surface area contributed by atoms with Crippen LogP contribution in [0.2, 0.25) is 0 Å². The largest absolute Gasteiger partial charge is 0.504 e. The molecule has 7 N–H and O–H groups in total. The molecule has 2 spiro atoms. The molecule has 566 valence electrons. The van der Waals surface area contributed by atoms with Gasteiger partial charge in [-0.2, -0.15) is 0 Å². The summed E-state index contributed by atoms with van der Waals surface area (Å²) in [5, 5.41) is 64.0. The number of aliphatic hydroxyl groups is 1. The zero-order valence-electron chi connectivity index (χ0n) is 61.4. The van der Waals surface area contributed by atoms with Gasteiger partial charge in [0.1, 0.15) is 30.9 Å². The number of phenols is 4. The number of aryl methyl sites for hydroxylation is 2. The molecule has 14 aliphatic heterocycles. The van der Waals surface area contributed by atoms with Crippen LogP contribution in [0.15, 0.2) is 36.4 Å². The quantitative estimate of drug-likeness (QED) is 0.0626. The van der Waals surface area contributed by atoms with Crippen LogP contribution >= 0.6 is 23.5 Å². The Kier molecular flexibility index (Phi) is 17.4. The molecule has 27 nitrogen and oxygen atoms in total. The van der Waals surface area contributed by atoms with Crippen LogP contribution in [0.1, 0.15) is 138 Å². The Hall–Kier alpha value is -8.78. The lowest BCUT2D eigenvalue weighted by atomic mass is 9.73. The van der Waals surface area contributed by atoms with Crippen molar-refractivity contribution in [1.82, 2.24) is 30.2 Å². The van der Waals surface area contributed by atoms with Crippen molar-refractivity contribution in [3.05, 3.63) is 125 Å². The number of fused-ring (bicyclic) bond motifs is 18. The minimum Gasteiger partial charge on any atom is -0.504 e. The molecule has 107 heavy (non-hydrogen) atoms. The summed E-state index contributed by atoms with van der Waals surface area (Å²) >= 11 is 3.04. The van der Waals surface area contributed by atoms with Crippen molar-refractivity contribution in [3.8, 4) is 80.5 Å². The molecule has 20 rings (SSSR count). The van der Waals surface area contributed by atoms with E-state index in [4.69, 9.17) is 56.8 Å². The molecule has 14 heterocycles. The molecule has 0 amide bonds. The van der Waals surface area contributed by atoms with E-state index in [2.05, 4.69) is 38.4 Å². The summed E-state index contributed by atoms with van der Waals surface area (Å²) in [5.41, 5.74) is 9.58. The number of likely N-dealkylation sites (N-methyl/N-ethyl adjacent to an activating group) is 2. The van der Waals surface area contributed by atoms with Gasteiger partial charge >= 0.3 is 23.9 Å². The number of methoxy groups -OCH3 is 4. The number of aromatic hydroxyl groups is 4. The van der Waals surface area contributed by atoms with E-state index < -0.39 is 75.9 Å². The van der Waals surface area contributed by atoms with Crippen molar-refractivity contribution in [2.45, 2.75) is 143 Å². The van der Waals surface area contributed by atoms with Crippen molar-refractivity contribution in [3.63, 3.8) is 0 Å². The van der Waals surface area contributed by atoms with E-state index in [0.717, 1.165) is 50.1 Å². The molecule has 0 saturated carbocycles. The van der Waals surface area contributed by atoms with E-state index >= 15 is 0 Å². The van der Waals surface area contributed by atoms with E-state index in [1.54, 1.807) is 43.1 Å². The number of rotatable bonds is 6. The first-order valence-corrected chi connectivity index (χ1v) is 38.1. The normalized spacial score (nSPS) is 28.9. The van der Waals surface area contributed by atoms with Gasteiger partial charge in [-0.05, 0) is 136 Å². The van der Waals surface area contributed by atoms with Gasteiger partial charge < -0.3 is 82.4 Å². The molecule has 0 aromatic heterocycles. The highest BCUT2D eigenvalue weighted by molar-refractivity contribution is 7.99. The van der Waals surface area contributed by atoms with Crippen molar-refractivity contribution in [1.29, 1.82) is 0 Å². The van der Waals surface area contributed by atoms with Gasteiger partial charge in [-0.3, -0.25) is 39.8 Å². The maximum absolute atomic E-state index is 14.7. The number of thioether (sulfide) groups is 2. The molecule has 29 heteroatoms. The fourth-order valence-corrected chi connectivity index (χ4v) is 23.3. The topological polar surface area (TPSA) is 317 Å². The Bertz CT molecular complexity index is 4810. The summed E-state index contributed by atoms with van der Waals surface area (Å²) in [5.74, 6) is 2.61. The summed E-state index contributed by atoms with van der Waals surface area (Å²) in [6.45, 7) is 11.6. The van der Waals surface area contributed by atoms with Crippen LogP contribution in [0.25, 0.3) is 0 Å². The molecule has 6 aromatic rings. The summed E-state index contributed by atoms with van der Waals surface area (Å²) in [6, 6.07) is 7.64. The van der Waals surface area contributed by atoms with Gasteiger partial charge in [-0.1, -0.05) is 12.1 Å². The predicted molar refractivity (Wildman–Crippen MR) is 388 cm³/mol. The van der Waals surface area contributed by atoms with Crippen molar-refractivity contribution in [2.24, 2.45) is 0 Å². The second-order valence-corrected chi connectivity index (χ2v) is 32.0. The van der Waals surface area contributed by atoms with Crippen LogP contribution in [0, 0.1) is 27.7 Å². The molecule has 8 bridgehead atoms. The van der Waals surface area contributed by atoms with E-state index in [9.17, 15) is 44.7 Å². The van der Waals surface area contributed by atoms with Gasteiger partial charge in [0.25, 0.3) is 0 Å². The van der Waals surface area contributed by atoms with Crippen molar-refractivity contribution in [2.75, 3.05) is 100 Å². The third-order valence-corrected chi connectivity index (χ3v) is 27.4. The number of nitrogens with one attached hydrogen (secondary N) is 2. The van der Waals surface area contributed by atoms with E-state index in [-0.39, 0.29) is 97.0 Å². The van der Waals surface area contributed by atoms with Crippen LogP contribution in [-0.2, 0) is 65.4 Å². The van der Waals surface area contributed by atoms with Crippen molar-refractivity contribution >= 4 is 47.4 Å². The Balaban J connectivity index is 0.000000157. The summed E-state index contributed by atoms with van der Waals surface area (Å²) < 4.78 is 72.1. The average molecular weight is 1510 g/mol. The number of hydrogen-bond acceptors (Lipinski definition) is 29. The van der Waals surface area contributed by atoms with Gasteiger partial charge in [0, 0.05) is 108 Å². The minimum absolute atomic E-state index is 0.00613. The zero-order valence-corrected chi connectivity index (χ0v) is 63.0. The number of carbonyl (C=O) groups excluding carboxylic acids is 4. The van der Waals surface area contributed by atoms with Crippen LogP contribution in [-0.4, -0.2) is 200 Å². The standard InChI is InChI=1S/C39H43N3O11S.C39H43N3O10S/c1-16-9-20-10-22-37(46)42-23-13-50-38(47)39(21-12-25(48-5)24(44)11-19(21)7-8-40-39)14-54-36(30(42)29(41(22)4)26(20)31(45)32(16)49-6)28-27(23)35-34(51-15-52-35)17(2)33(28)53-18(3)43;1-17-9-21-10-22-13-42-24-14-49-38(46)39(23-12-26(47-5)25(44)11-20(23)7-8-40-39)15-53-37(31(42)30(41(22)4)27(21)32(45)33(17)48-6)29-28(24)36-35(50-16-51-36)18(2)34(29)52-19(3)43/h9,11-12,22-23,29-30,36-37,40,44-46H,7-8,10,13-15H2,1-6H3;9,11-12,22,24,30-31,37,40,44-45H,7-8,10,13-16H2,1-6H3/t22-,23-,29+,30?,36+,37-,39+;22-,24-,30+,31?,37+,39+/m00/s1. The first-order valence-electron chi connectivity index (χ1n) is 36.0. The predicted octanol–water partition coefficient (Wildman–Crippen LogP) is 7.51. The fourth-order valence-electron chi connectivity index (χ4n) is 19.9. The molecule has 0 radical (unpaired) electrons. The van der Waals surface area contributed by atoms with Crippen molar-refractivity contribution < 1.29 is 102 Å². The van der Waals surface area contributed by atoms with Crippen LogP contribution in [0.4, 0.5) is 0 Å². The summed E-state index contributed by atoms with van der Waals surface area (Å²) in [6.07, 6.45) is 1.28. The Morgan fingerprint density at radius 2 is 1.00 bits per heavy atom. The lowest BCUT2D eigenvalue weighted by Gasteiger charge is -2.62. The van der Waals surface area contributed by atoms with E-state index in [1.807, 2.05) is 45.7 Å². The molecule has 14 aliphatic rings. The smallest absolute Gasteiger partial charge is 0.331 e. The molecule has 2 unspecified atom stereocenters. The lowest BCUT2D eigenvalue weighted by Crippen LogP contribution is -2.70. The molecular weight excluding hydrogens is 1420 g/mol. The molecule has 13 atom stereocenters. The molecular formula is C78H86N6O21S2. The monoisotopic (exact) mass is 1510 g/mol. The van der Waals surface area contributed by atoms with Crippen LogP contribution in [0.5, 0.6) is 80.5 Å².